The lowest BCUT2D eigenvalue weighted by molar-refractivity contribution is 0.938. The Labute approximate surface area is 104 Å². The summed E-state index contributed by atoms with van der Waals surface area (Å²) < 4.78 is 1.72. The number of aryl methyl sites for hydroxylation is 2. The average Bonchev–Trinajstić information content (AvgIpc) is 2.71. The van der Waals surface area contributed by atoms with Gasteiger partial charge in [0.15, 0.2) is 0 Å². The summed E-state index contributed by atoms with van der Waals surface area (Å²) in [5.41, 5.74) is 4.85. The van der Waals surface area contributed by atoms with Crippen LogP contribution in [0, 0.1) is 13.8 Å². The van der Waals surface area contributed by atoms with Crippen molar-refractivity contribution in [3.05, 3.63) is 58.1 Å². The molecule has 0 fully saturated rings. The number of hydrogen-bond acceptors (Lipinski definition) is 2. The van der Waals surface area contributed by atoms with Gasteiger partial charge in [0.05, 0.1) is 11.2 Å². The average molecular weight is 239 g/mol. The van der Waals surface area contributed by atoms with Gasteiger partial charge in [0.1, 0.15) is 0 Å². The fraction of sp³-hybridized carbons (Fsp3) is 0.143. The van der Waals surface area contributed by atoms with Crippen molar-refractivity contribution >= 4 is 5.52 Å². The summed E-state index contributed by atoms with van der Waals surface area (Å²) in [5, 5.41) is 2.73. The van der Waals surface area contributed by atoms with Gasteiger partial charge in [0.2, 0.25) is 0 Å². The molecule has 18 heavy (non-hydrogen) atoms. The number of rotatable bonds is 1. The lowest BCUT2D eigenvalue weighted by Gasteiger charge is -2.05. The second-order valence-electron chi connectivity index (χ2n) is 4.43. The Morgan fingerprint density at radius 1 is 1.17 bits per heavy atom. The number of aromatic amines is 1. The van der Waals surface area contributed by atoms with Crippen molar-refractivity contribution in [3.63, 3.8) is 0 Å². The number of hydrogen-bond donors (Lipinski definition) is 1. The van der Waals surface area contributed by atoms with Crippen LogP contribution in [0.4, 0.5) is 0 Å². The largest absolute Gasteiger partial charge is 0.268 e. The van der Waals surface area contributed by atoms with Gasteiger partial charge in [-0.2, -0.15) is 0 Å². The summed E-state index contributed by atoms with van der Waals surface area (Å²) in [6, 6.07) is 9.49. The highest BCUT2D eigenvalue weighted by Gasteiger charge is 2.03. The molecule has 3 rings (SSSR count). The van der Waals surface area contributed by atoms with E-state index in [1.165, 1.54) is 5.56 Å². The molecule has 0 saturated heterocycles. The van der Waals surface area contributed by atoms with Crippen LogP contribution in [0.2, 0.25) is 0 Å². The lowest BCUT2D eigenvalue weighted by Crippen LogP contribution is -1.98. The first-order valence-electron chi connectivity index (χ1n) is 5.79. The molecule has 0 atom stereocenters. The van der Waals surface area contributed by atoms with Crippen LogP contribution in [-0.4, -0.2) is 14.6 Å². The Morgan fingerprint density at radius 3 is 2.78 bits per heavy atom. The second kappa shape index (κ2) is 3.84. The molecule has 0 radical (unpaired) electrons. The summed E-state index contributed by atoms with van der Waals surface area (Å²) in [7, 11) is 0. The van der Waals surface area contributed by atoms with Gasteiger partial charge in [-0.05, 0) is 37.6 Å². The van der Waals surface area contributed by atoms with Crippen LogP contribution in [0.25, 0.3) is 16.8 Å². The van der Waals surface area contributed by atoms with Crippen LogP contribution >= 0.6 is 0 Å². The van der Waals surface area contributed by atoms with Crippen LogP contribution in [-0.2, 0) is 0 Å². The standard InChI is InChI=1S/C14H13N3O/c1-9-3-6-13(15-10(9)2)11-4-5-12-7-14(18)16-17(12)8-11/h3-8H,1-2H3,(H,16,18). The number of aromatic nitrogens is 3. The molecule has 0 aliphatic carbocycles. The van der Waals surface area contributed by atoms with E-state index in [1.807, 2.05) is 38.2 Å². The fourth-order valence-electron chi connectivity index (χ4n) is 1.95. The summed E-state index contributed by atoms with van der Waals surface area (Å²) in [6.45, 7) is 4.04. The quantitative estimate of drug-likeness (QED) is 0.708. The van der Waals surface area contributed by atoms with E-state index in [4.69, 9.17) is 0 Å². The number of pyridine rings is 2. The van der Waals surface area contributed by atoms with Crippen molar-refractivity contribution in [1.82, 2.24) is 14.6 Å². The number of nitrogens with zero attached hydrogens (tertiary/aromatic N) is 2. The molecule has 0 saturated carbocycles. The highest BCUT2D eigenvalue weighted by atomic mass is 16.1. The van der Waals surface area contributed by atoms with E-state index in [0.29, 0.717) is 0 Å². The predicted molar refractivity (Wildman–Crippen MR) is 70.7 cm³/mol. The van der Waals surface area contributed by atoms with E-state index in [2.05, 4.69) is 16.1 Å². The molecule has 3 aromatic heterocycles. The summed E-state index contributed by atoms with van der Waals surface area (Å²) >= 11 is 0. The maximum Gasteiger partial charge on any atom is 0.264 e. The number of nitrogens with one attached hydrogen (secondary N) is 1. The second-order valence-corrected chi connectivity index (χ2v) is 4.43. The predicted octanol–water partition coefficient (Wildman–Crippen LogP) is 2.31. The first kappa shape index (κ1) is 10.8. The highest BCUT2D eigenvalue weighted by molar-refractivity contribution is 5.62. The third kappa shape index (κ3) is 1.72. The van der Waals surface area contributed by atoms with Crippen LogP contribution in [0.1, 0.15) is 11.3 Å². The maximum absolute atomic E-state index is 11.2. The fourth-order valence-corrected chi connectivity index (χ4v) is 1.95. The third-order valence-corrected chi connectivity index (χ3v) is 3.14. The molecule has 4 heteroatoms. The Kier molecular flexibility index (Phi) is 2.30. The van der Waals surface area contributed by atoms with Crippen LogP contribution in [0.3, 0.4) is 0 Å². The van der Waals surface area contributed by atoms with E-state index in [1.54, 1.807) is 10.6 Å². The van der Waals surface area contributed by atoms with E-state index >= 15 is 0 Å². The smallest absolute Gasteiger partial charge is 0.264 e. The SMILES string of the molecule is Cc1ccc(-c2ccc3cc(=O)[nH]n3c2)nc1C. The van der Waals surface area contributed by atoms with E-state index in [0.717, 1.165) is 22.5 Å². The zero-order chi connectivity index (χ0) is 12.7. The molecule has 0 spiro atoms. The Hall–Kier alpha value is -2.36. The molecule has 0 aliphatic heterocycles. The Balaban J connectivity index is 2.18. The molecule has 0 unspecified atom stereocenters. The molecule has 1 N–H and O–H groups in total. The molecule has 90 valence electrons. The van der Waals surface area contributed by atoms with Gasteiger partial charge in [-0.15, -0.1) is 0 Å². The number of H-pyrrole nitrogens is 1. The van der Waals surface area contributed by atoms with E-state index < -0.39 is 0 Å². The Bertz CT molecular complexity index is 783. The molecule has 4 nitrogen and oxygen atoms in total. The van der Waals surface area contributed by atoms with Gasteiger partial charge in [0.25, 0.3) is 5.56 Å². The first-order valence-corrected chi connectivity index (χ1v) is 5.79. The molecular weight excluding hydrogens is 226 g/mol. The van der Waals surface area contributed by atoms with Gasteiger partial charge < -0.3 is 0 Å². The third-order valence-electron chi connectivity index (χ3n) is 3.14. The summed E-state index contributed by atoms with van der Waals surface area (Å²) in [4.78, 5) is 15.8. The van der Waals surface area contributed by atoms with Gasteiger partial charge in [-0.3, -0.25) is 19.4 Å². The van der Waals surface area contributed by atoms with Gasteiger partial charge in [-0.25, -0.2) is 0 Å². The Morgan fingerprint density at radius 2 is 2.00 bits per heavy atom. The van der Waals surface area contributed by atoms with Crippen molar-refractivity contribution in [3.8, 4) is 11.3 Å². The zero-order valence-corrected chi connectivity index (χ0v) is 10.3. The van der Waals surface area contributed by atoms with Gasteiger partial charge in [0, 0.05) is 23.5 Å². The minimum absolute atomic E-state index is 0.0970. The van der Waals surface area contributed by atoms with Crippen molar-refractivity contribution < 1.29 is 0 Å². The molecule has 0 aliphatic rings. The molecular formula is C14H13N3O. The minimum Gasteiger partial charge on any atom is -0.268 e. The topological polar surface area (TPSA) is 50.2 Å². The molecule has 0 amide bonds. The zero-order valence-electron chi connectivity index (χ0n) is 10.3. The number of fused-ring (bicyclic) bond motifs is 1. The lowest BCUT2D eigenvalue weighted by atomic mass is 10.1. The van der Waals surface area contributed by atoms with Gasteiger partial charge >= 0.3 is 0 Å². The normalized spacial score (nSPS) is 11.0. The summed E-state index contributed by atoms with van der Waals surface area (Å²) in [6.07, 6.45) is 1.88. The van der Waals surface area contributed by atoms with E-state index in [-0.39, 0.29) is 5.56 Å². The maximum atomic E-state index is 11.2. The minimum atomic E-state index is -0.0970. The van der Waals surface area contributed by atoms with Gasteiger partial charge in [-0.1, -0.05) is 6.07 Å². The van der Waals surface area contributed by atoms with Crippen LogP contribution < -0.4 is 5.56 Å². The molecule has 3 aromatic rings. The van der Waals surface area contributed by atoms with Crippen molar-refractivity contribution in [2.24, 2.45) is 0 Å². The molecule has 0 aromatic carbocycles. The van der Waals surface area contributed by atoms with E-state index in [9.17, 15) is 4.79 Å². The summed E-state index contributed by atoms with van der Waals surface area (Å²) in [5.74, 6) is 0. The van der Waals surface area contributed by atoms with Crippen LogP contribution in [0.5, 0.6) is 0 Å². The van der Waals surface area contributed by atoms with Crippen molar-refractivity contribution in [2.75, 3.05) is 0 Å². The van der Waals surface area contributed by atoms with Crippen molar-refractivity contribution in [1.29, 1.82) is 0 Å². The molecule has 0 bridgehead atoms. The van der Waals surface area contributed by atoms with Crippen LogP contribution in [0.15, 0.2) is 41.3 Å². The van der Waals surface area contributed by atoms with Crippen molar-refractivity contribution in [2.45, 2.75) is 13.8 Å². The monoisotopic (exact) mass is 239 g/mol. The first-order chi connectivity index (χ1) is 8.63. The molecule has 3 heterocycles. The highest BCUT2D eigenvalue weighted by Crippen LogP contribution is 2.18.